The fourth-order valence-electron chi connectivity index (χ4n) is 2.61. The SMILES string of the molecule is COc1ccc(CN=C(NC#N)NCc2nonc2C(=N)N(O)c2ccc(F)c(Cl)c2)cc1. The summed E-state index contributed by atoms with van der Waals surface area (Å²) in [4.78, 5) is 4.30. The summed E-state index contributed by atoms with van der Waals surface area (Å²) in [5.41, 5.74) is 0.997. The second kappa shape index (κ2) is 10.9. The zero-order valence-electron chi connectivity index (χ0n) is 17.2. The molecule has 4 N–H and O–H groups in total. The fraction of sp³-hybridized carbons (Fsp3) is 0.150. The van der Waals surface area contributed by atoms with Gasteiger partial charge in [-0.25, -0.2) is 19.1 Å². The van der Waals surface area contributed by atoms with Crippen molar-refractivity contribution in [2.24, 2.45) is 4.99 Å². The van der Waals surface area contributed by atoms with E-state index in [0.29, 0.717) is 10.8 Å². The highest BCUT2D eigenvalue weighted by Gasteiger charge is 2.22. The maximum Gasteiger partial charge on any atom is 0.205 e. The molecule has 170 valence electrons. The highest BCUT2D eigenvalue weighted by molar-refractivity contribution is 6.31. The van der Waals surface area contributed by atoms with Gasteiger partial charge in [-0.3, -0.25) is 15.9 Å². The van der Waals surface area contributed by atoms with Gasteiger partial charge in [-0.05, 0) is 41.1 Å². The van der Waals surface area contributed by atoms with Crippen LogP contribution >= 0.6 is 11.6 Å². The Bertz CT molecular complexity index is 1190. The summed E-state index contributed by atoms with van der Waals surface area (Å²) in [7, 11) is 1.57. The summed E-state index contributed by atoms with van der Waals surface area (Å²) in [5.74, 6) is -0.286. The van der Waals surface area contributed by atoms with Crippen molar-refractivity contribution in [3.8, 4) is 11.9 Å². The van der Waals surface area contributed by atoms with Crippen LogP contribution in [0.2, 0.25) is 5.02 Å². The number of aliphatic imine (C=N–C) groups is 1. The molecule has 3 rings (SSSR count). The van der Waals surface area contributed by atoms with Crippen LogP contribution in [0.3, 0.4) is 0 Å². The molecule has 2 aromatic carbocycles. The first kappa shape index (κ1) is 23.5. The van der Waals surface area contributed by atoms with Crippen molar-refractivity contribution in [3.05, 3.63) is 70.3 Å². The molecule has 3 aromatic rings. The Hall–Kier alpha value is -4.21. The number of guanidine groups is 1. The first-order valence-electron chi connectivity index (χ1n) is 9.33. The van der Waals surface area contributed by atoms with Crippen molar-refractivity contribution in [2.75, 3.05) is 12.2 Å². The molecule has 11 nitrogen and oxygen atoms in total. The molecule has 1 heterocycles. The minimum Gasteiger partial charge on any atom is -0.497 e. The predicted molar refractivity (Wildman–Crippen MR) is 117 cm³/mol. The molecule has 0 aliphatic rings. The molecule has 0 saturated heterocycles. The van der Waals surface area contributed by atoms with Gasteiger partial charge in [0.25, 0.3) is 0 Å². The average molecular weight is 473 g/mol. The third kappa shape index (κ3) is 5.94. The van der Waals surface area contributed by atoms with Crippen LogP contribution in [-0.2, 0) is 13.1 Å². The van der Waals surface area contributed by atoms with Crippen LogP contribution in [0.4, 0.5) is 10.1 Å². The number of amidine groups is 1. The Morgan fingerprint density at radius 1 is 1.33 bits per heavy atom. The second-order valence-corrected chi connectivity index (χ2v) is 6.83. The van der Waals surface area contributed by atoms with Gasteiger partial charge < -0.3 is 10.1 Å². The molecular weight excluding hydrogens is 455 g/mol. The van der Waals surface area contributed by atoms with E-state index in [9.17, 15) is 9.60 Å². The number of anilines is 1. The van der Waals surface area contributed by atoms with Crippen LogP contribution in [0.15, 0.2) is 52.1 Å². The number of ether oxygens (including phenoxy) is 1. The Kier molecular flexibility index (Phi) is 7.74. The number of nitriles is 1. The van der Waals surface area contributed by atoms with Gasteiger partial charge in [0.1, 0.15) is 17.3 Å². The number of hydrogen-bond acceptors (Lipinski definition) is 8. The lowest BCUT2D eigenvalue weighted by atomic mass is 10.2. The average Bonchev–Trinajstić information content (AvgIpc) is 3.30. The van der Waals surface area contributed by atoms with Crippen molar-refractivity contribution in [3.63, 3.8) is 0 Å². The Morgan fingerprint density at radius 3 is 2.76 bits per heavy atom. The largest absolute Gasteiger partial charge is 0.497 e. The van der Waals surface area contributed by atoms with Gasteiger partial charge in [-0.1, -0.05) is 28.9 Å². The highest BCUT2D eigenvalue weighted by atomic mass is 35.5. The number of aromatic nitrogens is 2. The zero-order chi connectivity index (χ0) is 23.8. The highest BCUT2D eigenvalue weighted by Crippen LogP contribution is 2.23. The topological polar surface area (TPSA) is 156 Å². The number of halogens is 2. The molecular formula is C20H18ClFN8O3. The minimum absolute atomic E-state index is 0.0324. The Labute approximate surface area is 192 Å². The van der Waals surface area contributed by atoms with Gasteiger partial charge in [-0.2, -0.15) is 5.26 Å². The van der Waals surface area contributed by atoms with Crippen molar-refractivity contribution in [2.45, 2.75) is 13.1 Å². The van der Waals surface area contributed by atoms with Crippen molar-refractivity contribution in [1.82, 2.24) is 20.9 Å². The lowest BCUT2D eigenvalue weighted by Crippen LogP contribution is -2.35. The Balaban J connectivity index is 1.69. The summed E-state index contributed by atoms with van der Waals surface area (Å²) in [5, 5.41) is 40.4. The van der Waals surface area contributed by atoms with Crippen LogP contribution in [0.25, 0.3) is 0 Å². The van der Waals surface area contributed by atoms with E-state index in [4.69, 9.17) is 31.6 Å². The van der Waals surface area contributed by atoms with E-state index in [-0.39, 0.29) is 41.1 Å². The van der Waals surface area contributed by atoms with Crippen LogP contribution in [0.1, 0.15) is 17.0 Å². The number of benzene rings is 2. The number of hydroxylamine groups is 1. The molecule has 0 atom stereocenters. The number of rotatable bonds is 7. The van der Waals surface area contributed by atoms with E-state index >= 15 is 0 Å². The van der Waals surface area contributed by atoms with Gasteiger partial charge in [0.05, 0.1) is 30.9 Å². The van der Waals surface area contributed by atoms with Gasteiger partial charge in [0, 0.05) is 0 Å². The van der Waals surface area contributed by atoms with Gasteiger partial charge in [-0.15, -0.1) is 0 Å². The number of hydrogen-bond donors (Lipinski definition) is 4. The zero-order valence-corrected chi connectivity index (χ0v) is 18.0. The number of nitrogens with one attached hydrogen (secondary N) is 3. The van der Waals surface area contributed by atoms with Crippen molar-refractivity contribution >= 4 is 29.1 Å². The minimum atomic E-state index is -0.667. The molecule has 0 saturated carbocycles. The molecule has 0 unspecified atom stereocenters. The quantitative estimate of drug-likeness (QED) is 0.133. The molecule has 0 amide bonds. The van der Waals surface area contributed by atoms with Crippen LogP contribution in [0.5, 0.6) is 5.75 Å². The summed E-state index contributed by atoms with van der Waals surface area (Å²) in [6, 6.07) is 10.7. The molecule has 33 heavy (non-hydrogen) atoms. The summed E-state index contributed by atoms with van der Waals surface area (Å²) in [6.45, 7) is 0.242. The summed E-state index contributed by atoms with van der Waals surface area (Å²) in [6.07, 6.45) is 1.78. The van der Waals surface area contributed by atoms with E-state index in [1.54, 1.807) is 25.4 Å². The fourth-order valence-corrected chi connectivity index (χ4v) is 2.78. The number of nitrogens with zero attached hydrogens (tertiary/aromatic N) is 5. The maximum absolute atomic E-state index is 13.4. The van der Waals surface area contributed by atoms with E-state index in [2.05, 4.69) is 25.9 Å². The van der Waals surface area contributed by atoms with E-state index < -0.39 is 11.7 Å². The summed E-state index contributed by atoms with van der Waals surface area (Å²) >= 11 is 5.73. The maximum atomic E-state index is 13.4. The van der Waals surface area contributed by atoms with Gasteiger partial charge in [0.15, 0.2) is 17.7 Å². The van der Waals surface area contributed by atoms with E-state index in [0.717, 1.165) is 17.7 Å². The predicted octanol–water partition coefficient (Wildman–Crippen LogP) is 2.81. The lowest BCUT2D eigenvalue weighted by Gasteiger charge is -2.16. The molecule has 13 heteroatoms. The molecule has 0 spiro atoms. The van der Waals surface area contributed by atoms with E-state index in [1.807, 2.05) is 12.1 Å². The van der Waals surface area contributed by atoms with Crippen LogP contribution < -0.4 is 20.4 Å². The Morgan fingerprint density at radius 2 is 2.09 bits per heavy atom. The van der Waals surface area contributed by atoms with Crippen molar-refractivity contribution in [1.29, 1.82) is 10.7 Å². The monoisotopic (exact) mass is 472 g/mol. The molecule has 0 fully saturated rings. The van der Waals surface area contributed by atoms with Gasteiger partial charge in [0.2, 0.25) is 5.96 Å². The third-order valence-corrected chi connectivity index (χ3v) is 4.61. The number of methoxy groups -OCH3 is 1. The first-order chi connectivity index (χ1) is 15.9. The third-order valence-electron chi connectivity index (χ3n) is 4.32. The first-order valence-corrected chi connectivity index (χ1v) is 9.71. The van der Waals surface area contributed by atoms with Gasteiger partial charge >= 0.3 is 0 Å². The second-order valence-electron chi connectivity index (χ2n) is 6.42. The molecule has 0 aliphatic carbocycles. The molecule has 0 bridgehead atoms. The normalized spacial score (nSPS) is 10.9. The molecule has 0 radical (unpaired) electrons. The van der Waals surface area contributed by atoms with Crippen LogP contribution in [-0.4, -0.2) is 34.4 Å². The standard InChI is InChI=1S/C20H18ClFN8O3/c1-32-14-5-2-12(3-6-14)9-25-20(27-11-23)26-10-17-18(29-33-28-17)19(24)30(31)13-4-7-16(22)15(21)8-13/h2-8,24,31H,9-10H2,1H3,(H2,25,26,27). The lowest BCUT2D eigenvalue weighted by molar-refractivity contribution is 0.297. The summed E-state index contributed by atoms with van der Waals surface area (Å²) < 4.78 is 23.2. The van der Waals surface area contributed by atoms with E-state index in [1.165, 1.54) is 6.07 Å². The molecule has 1 aromatic heterocycles. The van der Waals surface area contributed by atoms with Crippen LogP contribution in [0, 0.1) is 22.7 Å². The van der Waals surface area contributed by atoms with Crippen molar-refractivity contribution < 1.29 is 19.0 Å². The molecule has 0 aliphatic heterocycles. The smallest absolute Gasteiger partial charge is 0.205 e.